The van der Waals surface area contributed by atoms with Crippen molar-refractivity contribution in [2.45, 2.75) is 39.8 Å². The third-order valence-corrected chi connectivity index (χ3v) is 1.33. The molecule has 62 valence electrons. The molecular formula is C8H17FO. The monoisotopic (exact) mass is 148 g/mol. The molecule has 0 saturated heterocycles. The summed E-state index contributed by atoms with van der Waals surface area (Å²) < 4.78 is 13.0. The lowest BCUT2D eigenvalue weighted by molar-refractivity contribution is 0.0767. The summed E-state index contributed by atoms with van der Waals surface area (Å²) in [4.78, 5) is 0. The molecule has 1 N–H and O–H groups in total. The van der Waals surface area contributed by atoms with Gasteiger partial charge < -0.3 is 5.11 Å². The number of halogens is 1. The zero-order valence-corrected chi connectivity index (χ0v) is 7.24. The number of alkyl halides is 1. The standard InChI is InChI=1S/C8H17FO/c1-7(2,6-10)5-8(3,4)9/h10H,5-6H2,1-4H3. The molecule has 0 fully saturated rings. The SMILES string of the molecule is CC(C)(F)CC(C)(C)CO. The fourth-order valence-electron chi connectivity index (χ4n) is 1.19. The van der Waals surface area contributed by atoms with E-state index in [9.17, 15) is 4.39 Å². The van der Waals surface area contributed by atoms with Crippen LogP contribution in [0, 0.1) is 5.41 Å². The van der Waals surface area contributed by atoms with E-state index in [1.54, 1.807) is 0 Å². The summed E-state index contributed by atoms with van der Waals surface area (Å²) in [5.74, 6) is 0. The Morgan fingerprint density at radius 3 is 1.70 bits per heavy atom. The molecule has 0 amide bonds. The van der Waals surface area contributed by atoms with Crippen LogP contribution in [0.5, 0.6) is 0 Å². The maximum Gasteiger partial charge on any atom is 0.106 e. The lowest BCUT2D eigenvalue weighted by Crippen LogP contribution is -2.27. The first kappa shape index (κ1) is 9.89. The Labute approximate surface area is 62.3 Å². The van der Waals surface area contributed by atoms with Crippen molar-refractivity contribution in [3.8, 4) is 0 Å². The summed E-state index contributed by atoms with van der Waals surface area (Å²) in [5, 5.41) is 8.79. The molecule has 0 unspecified atom stereocenters. The molecule has 0 rings (SSSR count). The third-order valence-electron chi connectivity index (χ3n) is 1.33. The highest BCUT2D eigenvalue weighted by atomic mass is 19.1. The second kappa shape index (κ2) is 2.87. The molecule has 0 aromatic rings. The van der Waals surface area contributed by atoms with Gasteiger partial charge in [-0.05, 0) is 25.7 Å². The number of hydrogen-bond acceptors (Lipinski definition) is 1. The van der Waals surface area contributed by atoms with E-state index < -0.39 is 5.67 Å². The maximum atomic E-state index is 13.0. The summed E-state index contributed by atoms with van der Waals surface area (Å²) in [5.41, 5.74) is -1.47. The van der Waals surface area contributed by atoms with Gasteiger partial charge in [-0.2, -0.15) is 0 Å². The molecule has 0 saturated carbocycles. The van der Waals surface area contributed by atoms with Crippen LogP contribution < -0.4 is 0 Å². The normalized spacial score (nSPS) is 13.8. The molecule has 0 aliphatic rings. The van der Waals surface area contributed by atoms with E-state index >= 15 is 0 Å². The minimum atomic E-state index is -1.17. The molecule has 0 bridgehead atoms. The second-order valence-corrected chi connectivity index (χ2v) is 4.22. The first-order valence-electron chi connectivity index (χ1n) is 3.57. The van der Waals surface area contributed by atoms with Gasteiger partial charge in [-0.25, -0.2) is 4.39 Å². The zero-order valence-electron chi connectivity index (χ0n) is 7.24. The summed E-state index contributed by atoms with van der Waals surface area (Å²) in [7, 11) is 0. The van der Waals surface area contributed by atoms with Gasteiger partial charge in [-0.3, -0.25) is 0 Å². The average Bonchev–Trinajstić information content (AvgIpc) is 1.60. The second-order valence-electron chi connectivity index (χ2n) is 4.22. The van der Waals surface area contributed by atoms with E-state index in [1.807, 2.05) is 13.8 Å². The molecule has 0 aliphatic carbocycles. The Kier molecular flexibility index (Phi) is 2.84. The predicted molar refractivity (Wildman–Crippen MR) is 40.7 cm³/mol. The molecule has 1 nitrogen and oxygen atoms in total. The molecule has 0 aromatic heterocycles. The van der Waals surface area contributed by atoms with E-state index in [0.717, 1.165) is 0 Å². The van der Waals surface area contributed by atoms with E-state index in [4.69, 9.17) is 5.11 Å². The molecule has 0 atom stereocenters. The van der Waals surface area contributed by atoms with Gasteiger partial charge in [-0.15, -0.1) is 0 Å². The van der Waals surface area contributed by atoms with Gasteiger partial charge in [0.05, 0.1) is 0 Å². The molecule has 0 spiro atoms. The van der Waals surface area contributed by atoms with E-state index in [0.29, 0.717) is 6.42 Å². The van der Waals surface area contributed by atoms with Crippen molar-refractivity contribution in [2.24, 2.45) is 5.41 Å². The lowest BCUT2D eigenvalue weighted by Gasteiger charge is -2.27. The minimum Gasteiger partial charge on any atom is -0.396 e. The predicted octanol–water partition coefficient (Wildman–Crippen LogP) is 2.14. The van der Waals surface area contributed by atoms with Crippen molar-refractivity contribution in [3.63, 3.8) is 0 Å². The van der Waals surface area contributed by atoms with Crippen molar-refractivity contribution in [2.75, 3.05) is 6.61 Å². The van der Waals surface area contributed by atoms with Gasteiger partial charge in [0.1, 0.15) is 5.67 Å². The topological polar surface area (TPSA) is 20.2 Å². The highest BCUT2D eigenvalue weighted by Crippen LogP contribution is 2.29. The van der Waals surface area contributed by atoms with Crippen LogP contribution in [0.15, 0.2) is 0 Å². The minimum absolute atomic E-state index is 0.0420. The van der Waals surface area contributed by atoms with Crippen molar-refractivity contribution < 1.29 is 9.50 Å². The summed E-state index contributed by atoms with van der Waals surface area (Å²) in [6, 6.07) is 0. The van der Waals surface area contributed by atoms with Crippen LogP contribution in [0.1, 0.15) is 34.1 Å². The van der Waals surface area contributed by atoms with Crippen LogP contribution >= 0.6 is 0 Å². The molecule has 0 aromatic carbocycles. The number of rotatable bonds is 3. The Morgan fingerprint density at radius 2 is 1.60 bits per heavy atom. The molecule has 0 radical (unpaired) electrons. The molecular weight excluding hydrogens is 131 g/mol. The van der Waals surface area contributed by atoms with Crippen LogP contribution in [0.2, 0.25) is 0 Å². The van der Waals surface area contributed by atoms with Crippen LogP contribution in [0.25, 0.3) is 0 Å². The lowest BCUT2D eigenvalue weighted by atomic mass is 9.83. The van der Waals surface area contributed by atoms with E-state index in [2.05, 4.69) is 0 Å². The smallest absolute Gasteiger partial charge is 0.106 e. The Balaban J connectivity index is 3.89. The van der Waals surface area contributed by atoms with Crippen molar-refractivity contribution in [3.05, 3.63) is 0 Å². The van der Waals surface area contributed by atoms with E-state index in [-0.39, 0.29) is 12.0 Å². The van der Waals surface area contributed by atoms with Gasteiger partial charge in [-0.1, -0.05) is 13.8 Å². The average molecular weight is 148 g/mol. The summed E-state index contributed by atoms with van der Waals surface area (Å²) in [6.07, 6.45) is 0.399. The fourth-order valence-corrected chi connectivity index (χ4v) is 1.19. The van der Waals surface area contributed by atoms with E-state index in [1.165, 1.54) is 13.8 Å². The first-order valence-corrected chi connectivity index (χ1v) is 3.57. The quantitative estimate of drug-likeness (QED) is 0.650. The Hall–Kier alpha value is -0.110. The van der Waals surface area contributed by atoms with Gasteiger partial charge >= 0.3 is 0 Å². The molecule has 2 heteroatoms. The van der Waals surface area contributed by atoms with Crippen LogP contribution in [0.3, 0.4) is 0 Å². The molecule has 10 heavy (non-hydrogen) atoms. The Morgan fingerprint density at radius 1 is 1.20 bits per heavy atom. The zero-order chi connectivity index (χ0) is 8.41. The fraction of sp³-hybridized carbons (Fsp3) is 1.00. The van der Waals surface area contributed by atoms with Crippen molar-refractivity contribution >= 4 is 0 Å². The number of hydrogen-bond donors (Lipinski definition) is 1. The Bertz CT molecular complexity index is 102. The largest absolute Gasteiger partial charge is 0.396 e. The summed E-state index contributed by atoms with van der Waals surface area (Å²) in [6.45, 7) is 6.82. The van der Waals surface area contributed by atoms with Gasteiger partial charge in [0.2, 0.25) is 0 Å². The molecule has 0 heterocycles. The van der Waals surface area contributed by atoms with Gasteiger partial charge in [0.15, 0.2) is 0 Å². The van der Waals surface area contributed by atoms with Crippen LogP contribution in [-0.4, -0.2) is 17.4 Å². The summed E-state index contributed by atoms with van der Waals surface area (Å²) >= 11 is 0. The van der Waals surface area contributed by atoms with Crippen LogP contribution in [0.4, 0.5) is 4.39 Å². The van der Waals surface area contributed by atoms with Crippen molar-refractivity contribution in [1.82, 2.24) is 0 Å². The van der Waals surface area contributed by atoms with Crippen LogP contribution in [-0.2, 0) is 0 Å². The van der Waals surface area contributed by atoms with Gasteiger partial charge in [0.25, 0.3) is 0 Å². The first-order chi connectivity index (χ1) is 4.27. The highest BCUT2D eigenvalue weighted by molar-refractivity contribution is 4.77. The molecule has 0 aliphatic heterocycles. The number of aliphatic hydroxyl groups excluding tert-OH is 1. The maximum absolute atomic E-state index is 13.0. The number of aliphatic hydroxyl groups is 1. The van der Waals surface area contributed by atoms with Crippen molar-refractivity contribution in [1.29, 1.82) is 0 Å². The van der Waals surface area contributed by atoms with Gasteiger partial charge in [0, 0.05) is 6.61 Å². The highest BCUT2D eigenvalue weighted by Gasteiger charge is 2.27. The third kappa shape index (κ3) is 4.74.